The minimum atomic E-state index is -2.07. The normalized spacial score (nSPS) is 24.7. The standard InChI is InChI=1S/C28H46O4Si2/c1-27(2,3)33(8,9)30-19-23-25(32-34(10,11)28(4,5)6)26(29-7)24(31-23)22-18-14-16-20-15-12-13-17-21(20)22/h12-18,23-26H,19H2,1-11H3/t23-,24+,25?,26+/m1/s1. The van der Waals surface area contributed by atoms with E-state index in [2.05, 4.69) is 110 Å². The Morgan fingerprint density at radius 3 is 1.97 bits per heavy atom. The summed E-state index contributed by atoms with van der Waals surface area (Å²) in [7, 11) is -2.23. The highest BCUT2D eigenvalue weighted by Crippen LogP contribution is 2.45. The number of hydrogen-bond acceptors (Lipinski definition) is 4. The lowest BCUT2D eigenvalue weighted by atomic mass is 9.96. The van der Waals surface area contributed by atoms with Crippen molar-refractivity contribution in [1.82, 2.24) is 0 Å². The zero-order valence-corrected chi connectivity index (χ0v) is 25.2. The van der Waals surface area contributed by atoms with Crippen LogP contribution in [-0.2, 0) is 18.3 Å². The molecule has 1 unspecified atom stereocenters. The van der Waals surface area contributed by atoms with Gasteiger partial charge in [0.15, 0.2) is 16.6 Å². The molecule has 190 valence electrons. The molecule has 0 aromatic heterocycles. The fraction of sp³-hybridized carbons (Fsp3) is 0.643. The van der Waals surface area contributed by atoms with E-state index in [1.54, 1.807) is 7.11 Å². The van der Waals surface area contributed by atoms with Crippen LogP contribution >= 0.6 is 0 Å². The first kappa shape index (κ1) is 27.6. The topological polar surface area (TPSA) is 36.9 Å². The molecule has 4 nitrogen and oxygen atoms in total. The average Bonchev–Trinajstić information content (AvgIpc) is 3.06. The van der Waals surface area contributed by atoms with E-state index in [9.17, 15) is 0 Å². The van der Waals surface area contributed by atoms with Gasteiger partial charge in [-0.2, -0.15) is 0 Å². The van der Waals surface area contributed by atoms with Crippen molar-refractivity contribution in [2.45, 2.75) is 102 Å². The Morgan fingerprint density at radius 1 is 0.794 bits per heavy atom. The molecule has 2 aromatic carbocycles. The highest BCUT2D eigenvalue weighted by molar-refractivity contribution is 6.74. The van der Waals surface area contributed by atoms with E-state index in [1.165, 1.54) is 10.8 Å². The summed E-state index contributed by atoms with van der Waals surface area (Å²) in [6, 6.07) is 14.9. The maximum Gasteiger partial charge on any atom is 0.192 e. The molecule has 0 radical (unpaired) electrons. The minimum absolute atomic E-state index is 0.0909. The second kappa shape index (κ2) is 9.79. The van der Waals surface area contributed by atoms with E-state index < -0.39 is 16.6 Å². The van der Waals surface area contributed by atoms with Crippen molar-refractivity contribution in [2.75, 3.05) is 13.7 Å². The van der Waals surface area contributed by atoms with E-state index >= 15 is 0 Å². The van der Waals surface area contributed by atoms with Gasteiger partial charge in [0, 0.05) is 7.11 Å². The largest absolute Gasteiger partial charge is 0.414 e. The van der Waals surface area contributed by atoms with Crippen molar-refractivity contribution in [3.63, 3.8) is 0 Å². The van der Waals surface area contributed by atoms with Crippen molar-refractivity contribution in [3.8, 4) is 0 Å². The molecule has 1 saturated heterocycles. The number of benzene rings is 2. The molecule has 0 aliphatic carbocycles. The van der Waals surface area contributed by atoms with Crippen LogP contribution in [0, 0.1) is 0 Å². The predicted molar refractivity (Wildman–Crippen MR) is 148 cm³/mol. The third kappa shape index (κ3) is 5.52. The summed E-state index contributed by atoms with van der Waals surface area (Å²) in [6.07, 6.45) is -0.774. The Hall–Kier alpha value is -1.03. The minimum Gasteiger partial charge on any atom is -0.414 e. The van der Waals surface area contributed by atoms with Gasteiger partial charge in [-0.05, 0) is 52.6 Å². The molecular weight excluding hydrogens is 456 g/mol. The van der Waals surface area contributed by atoms with Crippen LogP contribution in [0.1, 0.15) is 53.2 Å². The van der Waals surface area contributed by atoms with E-state index in [0.717, 1.165) is 5.56 Å². The lowest BCUT2D eigenvalue weighted by molar-refractivity contribution is -0.0194. The molecule has 0 bridgehead atoms. The smallest absolute Gasteiger partial charge is 0.192 e. The van der Waals surface area contributed by atoms with E-state index in [4.69, 9.17) is 18.3 Å². The van der Waals surface area contributed by atoms with Crippen LogP contribution in [0.2, 0.25) is 36.3 Å². The Labute approximate surface area is 209 Å². The summed E-state index contributed by atoms with van der Waals surface area (Å²) in [5.41, 5.74) is 1.16. The van der Waals surface area contributed by atoms with Crippen molar-refractivity contribution >= 4 is 27.4 Å². The molecule has 2 aromatic rings. The van der Waals surface area contributed by atoms with Crippen LogP contribution in [-0.4, -0.2) is 48.7 Å². The monoisotopic (exact) mass is 502 g/mol. The Balaban J connectivity index is 2.00. The first-order chi connectivity index (χ1) is 15.6. The molecule has 3 rings (SSSR count). The maximum atomic E-state index is 7.02. The summed E-state index contributed by atoms with van der Waals surface area (Å²) in [5, 5.41) is 2.64. The van der Waals surface area contributed by atoms with Crippen LogP contribution in [0.15, 0.2) is 42.5 Å². The fourth-order valence-electron chi connectivity index (χ4n) is 4.03. The molecule has 1 aliphatic rings. The highest BCUT2D eigenvalue weighted by Gasteiger charge is 2.52. The van der Waals surface area contributed by atoms with Gasteiger partial charge in [-0.25, -0.2) is 0 Å². The van der Waals surface area contributed by atoms with Crippen LogP contribution < -0.4 is 0 Å². The lowest BCUT2D eigenvalue weighted by Gasteiger charge is -2.41. The van der Waals surface area contributed by atoms with Gasteiger partial charge in [0.2, 0.25) is 0 Å². The molecule has 4 atom stereocenters. The Bertz CT molecular complexity index is 969. The summed E-state index contributed by atoms with van der Waals surface area (Å²) in [5.74, 6) is 0. The second-order valence-electron chi connectivity index (χ2n) is 12.8. The number of rotatable bonds is 7. The van der Waals surface area contributed by atoms with Gasteiger partial charge >= 0.3 is 0 Å². The van der Waals surface area contributed by atoms with Gasteiger partial charge in [0.05, 0.1) is 6.61 Å². The van der Waals surface area contributed by atoms with Gasteiger partial charge in [-0.1, -0.05) is 84.0 Å². The molecule has 0 saturated carbocycles. The molecule has 1 aliphatic heterocycles. The lowest BCUT2D eigenvalue weighted by Crippen LogP contribution is -2.51. The van der Waals surface area contributed by atoms with Crippen molar-refractivity contribution < 1.29 is 18.3 Å². The number of methoxy groups -OCH3 is 1. The van der Waals surface area contributed by atoms with Gasteiger partial charge < -0.3 is 18.3 Å². The third-order valence-electron chi connectivity index (χ3n) is 8.36. The summed E-state index contributed by atoms with van der Waals surface area (Å²) >= 11 is 0. The fourth-order valence-corrected chi connectivity index (χ4v) is 6.37. The van der Waals surface area contributed by atoms with Gasteiger partial charge in [0.1, 0.15) is 24.4 Å². The van der Waals surface area contributed by atoms with Crippen LogP contribution in [0.3, 0.4) is 0 Å². The molecule has 6 heteroatoms. The molecular formula is C28H46O4Si2. The number of hydrogen-bond donors (Lipinski definition) is 0. The summed E-state index contributed by atoms with van der Waals surface area (Å²) < 4.78 is 26.6. The average molecular weight is 503 g/mol. The molecule has 0 amide bonds. The zero-order valence-electron chi connectivity index (χ0n) is 23.2. The van der Waals surface area contributed by atoms with Crippen molar-refractivity contribution in [2.24, 2.45) is 0 Å². The Kier molecular flexibility index (Phi) is 7.94. The SMILES string of the molecule is CO[C@@H]1C(O[Si](C)(C)C(C)(C)C)[C@@H](CO[Si](C)(C)C(C)(C)C)O[C@H]1c1cccc2ccccc12. The molecule has 34 heavy (non-hydrogen) atoms. The van der Waals surface area contributed by atoms with Crippen molar-refractivity contribution in [1.29, 1.82) is 0 Å². The number of ether oxygens (including phenoxy) is 2. The Morgan fingerprint density at radius 2 is 1.38 bits per heavy atom. The second-order valence-corrected chi connectivity index (χ2v) is 22.3. The van der Waals surface area contributed by atoms with Gasteiger partial charge in [-0.15, -0.1) is 0 Å². The highest BCUT2D eigenvalue weighted by atomic mass is 28.4. The molecule has 1 fully saturated rings. The first-order valence-electron chi connectivity index (χ1n) is 12.6. The van der Waals surface area contributed by atoms with E-state index in [1.807, 2.05) is 0 Å². The quantitative estimate of drug-likeness (QED) is 0.363. The van der Waals surface area contributed by atoms with E-state index in [0.29, 0.717) is 6.61 Å². The first-order valence-corrected chi connectivity index (χ1v) is 18.4. The van der Waals surface area contributed by atoms with Crippen LogP contribution in [0.4, 0.5) is 0 Å². The predicted octanol–water partition coefficient (Wildman–Crippen LogP) is 7.71. The summed E-state index contributed by atoms with van der Waals surface area (Å²) in [6.45, 7) is 23.4. The van der Waals surface area contributed by atoms with Gasteiger partial charge in [0.25, 0.3) is 0 Å². The summed E-state index contributed by atoms with van der Waals surface area (Å²) in [4.78, 5) is 0. The van der Waals surface area contributed by atoms with Crippen LogP contribution in [0.5, 0.6) is 0 Å². The molecule has 1 heterocycles. The van der Waals surface area contributed by atoms with Gasteiger partial charge in [-0.3, -0.25) is 0 Å². The number of fused-ring (bicyclic) bond motifs is 1. The maximum absolute atomic E-state index is 7.02. The molecule has 0 N–H and O–H groups in total. The van der Waals surface area contributed by atoms with E-state index in [-0.39, 0.29) is 34.5 Å². The van der Waals surface area contributed by atoms with Crippen molar-refractivity contribution in [3.05, 3.63) is 48.0 Å². The third-order valence-corrected chi connectivity index (χ3v) is 17.3. The molecule has 0 spiro atoms. The van der Waals surface area contributed by atoms with Crippen LogP contribution in [0.25, 0.3) is 10.8 Å². The zero-order chi connectivity index (χ0) is 25.5.